The normalized spacial score (nSPS) is 11.4. The number of carbonyl (C=O) groups excluding carboxylic acids is 1. The average Bonchev–Trinajstić information content (AvgIpc) is 2.14. The van der Waals surface area contributed by atoms with E-state index in [0.717, 1.165) is 0 Å². The van der Waals surface area contributed by atoms with Crippen molar-refractivity contribution < 1.29 is 9.90 Å². The topological polar surface area (TPSA) is 43.8 Å². The Kier molecular flexibility index (Phi) is 6.76. The van der Waals surface area contributed by atoms with E-state index in [0.29, 0.717) is 19.6 Å². The molecule has 0 heterocycles. The second kappa shape index (κ2) is 7.25. The first-order chi connectivity index (χ1) is 7.80. The van der Waals surface area contributed by atoms with Gasteiger partial charge in [-0.2, -0.15) is 0 Å². The van der Waals surface area contributed by atoms with Crippen molar-refractivity contribution in [2.24, 2.45) is 0 Å². The van der Waals surface area contributed by atoms with Crippen molar-refractivity contribution in [1.29, 1.82) is 0 Å². The lowest BCUT2D eigenvalue weighted by Crippen LogP contribution is -2.43. The number of hydrogen-bond acceptors (Lipinski definition) is 3. The number of amides is 1. The summed E-state index contributed by atoms with van der Waals surface area (Å²) in [5.74, 6) is 0.0107. The Hall–Kier alpha value is -1.13. The van der Waals surface area contributed by atoms with Crippen LogP contribution in [0.4, 0.5) is 0 Å². The third-order valence-corrected chi connectivity index (χ3v) is 2.11. The highest BCUT2D eigenvalue weighted by Crippen LogP contribution is 2.03. The van der Waals surface area contributed by atoms with Crippen molar-refractivity contribution >= 4 is 5.91 Å². The zero-order valence-electron chi connectivity index (χ0n) is 11.1. The van der Waals surface area contributed by atoms with Gasteiger partial charge in [0.2, 0.25) is 5.91 Å². The summed E-state index contributed by atoms with van der Waals surface area (Å²) >= 11 is 0. The largest absolute Gasteiger partial charge is 0.389 e. The van der Waals surface area contributed by atoms with Gasteiger partial charge in [0.25, 0.3) is 0 Å². The molecule has 0 atom stereocenters. The SMILES string of the molecule is C=CCN(CC=C)C(=O)CN(C)CC(C)(C)O. The van der Waals surface area contributed by atoms with Crippen LogP contribution < -0.4 is 0 Å². The number of carbonyl (C=O) groups is 1. The highest BCUT2D eigenvalue weighted by atomic mass is 16.3. The lowest BCUT2D eigenvalue weighted by atomic mass is 10.1. The molecule has 0 aliphatic heterocycles. The summed E-state index contributed by atoms with van der Waals surface area (Å²) in [6.07, 6.45) is 3.38. The Labute approximate surface area is 104 Å². The summed E-state index contributed by atoms with van der Waals surface area (Å²) < 4.78 is 0. The molecule has 0 aliphatic rings. The first-order valence-electron chi connectivity index (χ1n) is 5.70. The van der Waals surface area contributed by atoms with Gasteiger partial charge in [-0.25, -0.2) is 0 Å². The van der Waals surface area contributed by atoms with Crippen LogP contribution in [-0.4, -0.2) is 59.6 Å². The molecule has 0 aromatic carbocycles. The second-order valence-electron chi connectivity index (χ2n) is 4.86. The van der Waals surface area contributed by atoms with Gasteiger partial charge in [0.1, 0.15) is 0 Å². The molecule has 17 heavy (non-hydrogen) atoms. The number of hydrogen-bond donors (Lipinski definition) is 1. The van der Waals surface area contributed by atoms with Gasteiger partial charge in [-0.05, 0) is 20.9 Å². The number of likely N-dealkylation sites (N-methyl/N-ethyl adjacent to an activating group) is 1. The standard InChI is InChI=1S/C13H24N2O2/c1-6-8-15(9-7-2)12(16)10-14(5)11-13(3,4)17/h6-7,17H,1-2,8-11H2,3-5H3. The minimum atomic E-state index is -0.795. The zero-order chi connectivity index (χ0) is 13.5. The smallest absolute Gasteiger partial charge is 0.237 e. The molecular weight excluding hydrogens is 216 g/mol. The molecule has 0 saturated carbocycles. The van der Waals surface area contributed by atoms with E-state index in [4.69, 9.17) is 0 Å². The lowest BCUT2D eigenvalue weighted by molar-refractivity contribution is -0.131. The summed E-state index contributed by atoms with van der Waals surface area (Å²) in [6.45, 7) is 12.5. The van der Waals surface area contributed by atoms with Gasteiger partial charge in [0.05, 0.1) is 12.1 Å². The molecule has 4 nitrogen and oxygen atoms in total. The third kappa shape index (κ3) is 7.71. The molecular formula is C13H24N2O2. The van der Waals surface area contributed by atoms with Crippen LogP contribution in [0.5, 0.6) is 0 Å². The van der Waals surface area contributed by atoms with Gasteiger partial charge in [-0.15, -0.1) is 13.2 Å². The Balaban J connectivity index is 4.29. The summed E-state index contributed by atoms with van der Waals surface area (Å²) in [6, 6.07) is 0. The molecule has 4 heteroatoms. The van der Waals surface area contributed by atoms with Crippen molar-refractivity contribution in [3.8, 4) is 0 Å². The number of rotatable bonds is 8. The van der Waals surface area contributed by atoms with Crippen LogP contribution in [0.2, 0.25) is 0 Å². The predicted molar refractivity (Wildman–Crippen MR) is 70.8 cm³/mol. The van der Waals surface area contributed by atoms with Crippen LogP contribution in [-0.2, 0) is 4.79 Å². The minimum Gasteiger partial charge on any atom is -0.389 e. The Morgan fingerprint density at radius 2 is 1.76 bits per heavy atom. The number of nitrogens with zero attached hydrogens (tertiary/aromatic N) is 2. The van der Waals surface area contributed by atoms with Gasteiger partial charge >= 0.3 is 0 Å². The van der Waals surface area contributed by atoms with Gasteiger partial charge in [0, 0.05) is 19.6 Å². The van der Waals surface area contributed by atoms with Gasteiger partial charge in [-0.1, -0.05) is 12.2 Å². The maximum atomic E-state index is 11.9. The molecule has 0 unspecified atom stereocenters. The van der Waals surface area contributed by atoms with Crippen molar-refractivity contribution in [1.82, 2.24) is 9.80 Å². The van der Waals surface area contributed by atoms with E-state index in [1.165, 1.54) is 0 Å². The predicted octanol–water partition coefficient (Wildman–Crippen LogP) is 0.890. The molecule has 1 N–H and O–H groups in total. The van der Waals surface area contributed by atoms with Crippen molar-refractivity contribution in [2.45, 2.75) is 19.4 Å². The van der Waals surface area contributed by atoms with E-state index < -0.39 is 5.60 Å². The van der Waals surface area contributed by atoms with Crippen LogP contribution in [0, 0.1) is 0 Å². The summed E-state index contributed by atoms with van der Waals surface area (Å²) in [5.41, 5.74) is -0.795. The minimum absolute atomic E-state index is 0.0107. The molecule has 0 saturated heterocycles. The highest BCUT2D eigenvalue weighted by Gasteiger charge is 2.19. The lowest BCUT2D eigenvalue weighted by Gasteiger charge is -2.27. The fourth-order valence-corrected chi connectivity index (χ4v) is 1.64. The Morgan fingerprint density at radius 3 is 2.12 bits per heavy atom. The van der Waals surface area contributed by atoms with Crippen LogP contribution >= 0.6 is 0 Å². The third-order valence-electron chi connectivity index (χ3n) is 2.11. The van der Waals surface area contributed by atoms with E-state index in [1.807, 2.05) is 11.9 Å². The van der Waals surface area contributed by atoms with Crippen LogP contribution in [0.25, 0.3) is 0 Å². The van der Waals surface area contributed by atoms with E-state index in [2.05, 4.69) is 13.2 Å². The molecule has 0 aliphatic carbocycles. The first-order valence-corrected chi connectivity index (χ1v) is 5.70. The molecule has 0 bridgehead atoms. The fraction of sp³-hybridized carbons (Fsp3) is 0.615. The molecule has 0 aromatic heterocycles. The van der Waals surface area contributed by atoms with Crippen LogP contribution in [0.1, 0.15) is 13.8 Å². The summed E-state index contributed by atoms with van der Waals surface area (Å²) in [4.78, 5) is 15.4. The Morgan fingerprint density at radius 1 is 1.29 bits per heavy atom. The van der Waals surface area contributed by atoms with Crippen LogP contribution in [0.3, 0.4) is 0 Å². The molecule has 1 amide bonds. The molecule has 0 rings (SSSR count). The maximum absolute atomic E-state index is 11.9. The molecule has 0 radical (unpaired) electrons. The second-order valence-corrected chi connectivity index (χ2v) is 4.86. The van der Waals surface area contributed by atoms with Crippen molar-refractivity contribution in [2.75, 3.05) is 33.2 Å². The molecule has 0 spiro atoms. The molecule has 98 valence electrons. The summed E-state index contributed by atoms with van der Waals surface area (Å²) in [5, 5.41) is 9.65. The van der Waals surface area contributed by atoms with E-state index in [1.54, 1.807) is 30.9 Å². The van der Waals surface area contributed by atoms with E-state index in [-0.39, 0.29) is 12.5 Å². The average molecular weight is 240 g/mol. The first kappa shape index (κ1) is 15.9. The highest BCUT2D eigenvalue weighted by molar-refractivity contribution is 5.78. The summed E-state index contributed by atoms with van der Waals surface area (Å²) in [7, 11) is 1.82. The maximum Gasteiger partial charge on any atom is 0.237 e. The van der Waals surface area contributed by atoms with E-state index in [9.17, 15) is 9.90 Å². The molecule has 0 aromatic rings. The molecule has 0 fully saturated rings. The van der Waals surface area contributed by atoms with Gasteiger partial charge < -0.3 is 10.0 Å². The zero-order valence-corrected chi connectivity index (χ0v) is 11.1. The van der Waals surface area contributed by atoms with E-state index >= 15 is 0 Å². The van der Waals surface area contributed by atoms with Gasteiger partial charge in [-0.3, -0.25) is 9.69 Å². The van der Waals surface area contributed by atoms with Crippen LogP contribution in [0.15, 0.2) is 25.3 Å². The Bertz CT molecular complexity index is 259. The number of aliphatic hydroxyl groups is 1. The monoisotopic (exact) mass is 240 g/mol. The van der Waals surface area contributed by atoms with Crippen molar-refractivity contribution in [3.63, 3.8) is 0 Å². The van der Waals surface area contributed by atoms with Crippen molar-refractivity contribution in [3.05, 3.63) is 25.3 Å². The van der Waals surface area contributed by atoms with Gasteiger partial charge in [0.15, 0.2) is 0 Å². The quantitative estimate of drug-likeness (QED) is 0.641. The fourth-order valence-electron chi connectivity index (χ4n) is 1.64.